The van der Waals surface area contributed by atoms with Crippen LogP contribution < -0.4 is 11.1 Å². The van der Waals surface area contributed by atoms with Crippen molar-refractivity contribution in [3.8, 4) is 0 Å². The van der Waals surface area contributed by atoms with Crippen molar-refractivity contribution in [2.75, 3.05) is 13.1 Å². The molecule has 3 N–H and O–H groups in total. The predicted octanol–water partition coefficient (Wildman–Crippen LogP) is -0.929. The number of nitrogens with two attached hydrogens (primary N) is 1. The quantitative estimate of drug-likeness (QED) is 0.603. The Morgan fingerprint density at radius 3 is 3.00 bits per heavy atom. The van der Waals surface area contributed by atoms with Gasteiger partial charge in [0.05, 0.1) is 0 Å². The highest BCUT2D eigenvalue weighted by molar-refractivity contribution is 5.88. The van der Waals surface area contributed by atoms with Crippen LogP contribution in [0.2, 0.25) is 0 Å². The van der Waals surface area contributed by atoms with E-state index in [1.54, 1.807) is 18.7 Å². The van der Waals surface area contributed by atoms with Crippen molar-refractivity contribution < 1.29 is 9.59 Å². The van der Waals surface area contributed by atoms with Crippen LogP contribution in [0.15, 0.2) is 0 Å². The molecule has 1 aliphatic heterocycles. The summed E-state index contributed by atoms with van der Waals surface area (Å²) in [7, 11) is 0. The second-order valence-electron chi connectivity index (χ2n) is 3.74. The van der Waals surface area contributed by atoms with Gasteiger partial charge in [0.2, 0.25) is 11.8 Å². The van der Waals surface area contributed by atoms with Crippen LogP contribution in [0.1, 0.15) is 20.3 Å². The highest BCUT2D eigenvalue weighted by Crippen LogP contribution is 2.06. The van der Waals surface area contributed by atoms with Gasteiger partial charge in [0.1, 0.15) is 6.04 Å². The first-order valence-corrected chi connectivity index (χ1v) is 4.85. The molecule has 2 atom stereocenters. The molecule has 80 valence electrons. The SMILES string of the molecule is CC(N)CC(=O)N1CCNC(=O)C1C. The minimum Gasteiger partial charge on any atom is -0.353 e. The monoisotopic (exact) mass is 199 g/mol. The number of nitrogens with one attached hydrogen (secondary N) is 1. The van der Waals surface area contributed by atoms with Crippen LogP contribution in [0, 0.1) is 0 Å². The molecule has 1 rings (SSSR count). The van der Waals surface area contributed by atoms with Gasteiger partial charge in [0, 0.05) is 25.6 Å². The summed E-state index contributed by atoms with van der Waals surface area (Å²) in [4.78, 5) is 24.5. The van der Waals surface area contributed by atoms with Crippen LogP contribution >= 0.6 is 0 Å². The van der Waals surface area contributed by atoms with Crippen LogP contribution in [-0.4, -0.2) is 41.9 Å². The molecule has 0 aromatic rings. The molecule has 0 aliphatic carbocycles. The lowest BCUT2D eigenvalue weighted by atomic mass is 10.1. The summed E-state index contributed by atoms with van der Waals surface area (Å²) in [6.45, 7) is 4.63. The van der Waals surface area contributed by atoms with E-state index in [9.17, 15) is 9.59 Å². The molecule has 2 amide bonds. The van der Waals surface area contributed by atoms with E-state index < -0.39 is 0 Å². The van der Waals surface area contributed by atoms with Gasteiger partial charge in [0.15, 0.2) is 0 Å². The Morgan fingerprint density at radius 2 is 2.43 bits per heavy atom. The van der Waals surface area contributed by atoms with E-state index in [1.807, 2.05) is 0 Å². The summed E-state index contributed by atoms with van der Waals surface area (Å²) in [6, 6.07) is -0.519. The Balaban J connectivity index is 2.57. The molecule has 1 saturated heterocycles. The fourth-order valence-corrected chi connectivity index (χ4v) is 1.52. The van der Waals surface area contributed by atoms with Gasteiger partial charge in [-0.3, -0.25) is 9.59 Å². The van der Waals surface area contributed by atoms with E-state index in [0.29, 0.717) is 19.5 Å². The molecule has 0 bridgehead atoms. The fraction of sp³-hybridized carbons (Fsp3) is 0.778. The third-order valence-electron chi connectivity index (χ3n) is 2.32. The maximum absolute atomic E-state index is 11.6. The van der Waals surface area contributed by atoms with Crippen molar-refractivity contribution in [3.05, 3.63) is 0 Å². The van der Waals surface area contributed by atoms with Crippen molar-refractivity contribution >= 4 is 11.8 Å². The Kier molecular flexibility index (Phi) is 3.46. The molecule has 2 unspecified atom stereocenters. The molecule has 0 radical (unpaired) electrons. The topological polar surface area (TPSA) is 75.4 Å². The van der Waals surface area contributed by atoms with E-state index in [-0.39, 0.29) is 23.9 Å². The van der Waals surface area contributed by atoms with E-state index in [2.05, 4.69) is 5.32 Å². The lowest BCUT2D eigenvalue weighted by molar-refractivity contribution is -0.142. The average molecular weight is 199 g/mol. The van der Waals surface area contributed by atoms with Crippen LogP contribution in [0.3, 0.4) is 0 Å². The van der Waals surface area contributed by atoms with Crippen molar-refractivity contribution in [1.82, 2.24) is 10.2 Å². The summed E-state index contributed by atoms with van der Waals surface area (Å²) in [5.41, 5.74) is 5.53. The number of nitrogens with zero attached hydrogens (tertiary/aromatic N) is 1. The largest absolute Gasteiger partial charge is 0.353 e. The van der Waals surface area contributed by atoms with Crippen LogP contribution in [0.4, 0.5) is 0 Å². The second-order valence-corrected chi connectivity index (χ2v) is 3.74. The predicted molar refractivity (Wildman–Crippen MR) is 52.5 cm³/mol. The van der Waals surface area contributed by atoms with E-state index in [1.165, 1.54) is 0 Å². The lowest BCUT2D eigenvalue weighted by Crippen LogP contribution is -2.56. The van der Waals surface area contributed by atoms with Gasteiger partial charge in [-0.2, -0.15) is 0 Å². The number of carbonyl (C=O) groups excluding carboxylic acids is 2. The van der Waals surface area contributed by atoms with Crippen molar-refractivity contribution in [1.29, 1.82) is 0 Å². The molecule has 1 fully saturated rings. The van der Waals surface area contributed by atoms with Crippen LogP contribution in [0.25, 0.3) is 0 Å². The smallest absolute Gasteiger partial charge is 0.242 e. The van der Waals surface area contributed by atoms with E-state index >= 15 is 0 Å². The molecule has 0 saturated carbocycles. The van der Waals surface area contributed by atoms with Crippen LogP contribution in [-0.2, 0) is 9.59 Å². The Labute approximate surface area is 83.6 Å². The van der Waals surface area contributed by atoms with Crippen LogP contribution in [0.5, 0.6) is 0 Å². The summed E-state index contributed by atoms with van der Waals surface area (Å²) < 4.78 is 0. The van der Waals surface area contributed by atoms with Gasteiger partial charge in [-0.25, -0.2) is 0 Å². The standard InChI is InChI=1S/C9H17N3O2/c1-6(10)5-8(13)12-4-3-11-9(14)7(12)2/h6-7H,3-5,10H2,1-2H3,(H,11,14). The maximum Gasteiger partial charge on any atom is 0.242 e. The first-order chi connectivity index (χ1) is 6.52. The highest BCUT2D eigenvalue weighted by atomic mass is 16.2. The Morgan fingerprint density at radius 1 is 1.79 bits per heavy atom. The minimum atomic E-state index is -0.366. The van der Waals surface area contributed by atoms with Crippen molar-refractivity contribution in [3.63, 3.8) is 0 Å². The molecule has 1 heterocycles. The molecule has 5 nitrogen and oxygen atoms in total. The zero-order valence-electron chi connectivity index (χ0n) is 8.62. The molecule has 1 aliphatic rings. The number of rotatable bonds is 2. The summed E-state index contributed by atoms with van der Waals surface area (Å²) in [5, 5.41) is 2.71. The third kappa shape index (κ3) is 2.45. The first kappa shape index (κ1) is 11.0. The van der Waals surface area contributed by atoms with Crippen molar-refractivity contribution in [2.45, 2.75) is 32.4 Å². The maximum atomic E-state index is 11.6. The van der Waals surface area contributed by atoms with Crippen molar-refractivity contribution in [2.24, 2.45) is 5.73 Å². The number of piperazine rings is 1. The fourth-order valence-electron chi connectivity index (χ4n) is 1.52. The molecule has 0 spiro atoms. The molecule has 0 aromatic carbocycles. The number of hydrogen-bond acceptors (Lipinski definition) is 3. The zero-order chi connectivity index (χ0) is 10.7. The summed E-state index contributed by atoms with van der Waals surface area (Å²) >= 11 is 0. The zero-order valence-corrected chi connectivity index (χ0v) is 8.62. The molecular weight excluding hydrogens is 182 g/mol. The Bertz CT molecular complexity index is 240. The molecule has 0 aromatic heterocycles. The minimum absolute atomic E-state index is 0.0395. The second kappa shape index (κ2) is 4.41. The van der Waals surface area contributed by atoms with Gasteiger partial charge in [-0.05, 0) is 13.8 Å². The normalized spacial score (nSPS) is 24.4. The van der Waals surface area contributed by atoms with Gasteiger partial charge in [0.25, 0.3) is 0 Å². The van der Waals surface area contributed by atoms with Gasteiger partial charge in [-0.1, -0.05) is 0 Å². The van der Waals surface area contributed by atoms with Gasteiger partial charge < -0.3 is 16.0 Å². The number of carbonyl (C=O) groups is 2. The lowest BCUT2D eigenvalue weighted by Gasteiger charge is -2.33. The van der Waals surface area contributed by atoms with E-state index in [4.69, 9.17) is 5.73 Å². The van der Waals surface area contributed by atoms with Gasteiger partial charge in [-0.15, -0.1) is 0 Å². The number of amides is 2. The highest BCUT2D eigenvalue weighted by Gasteiger charge is 2.29. The van der Waals surface area contributed by atoms with Gasteiger partial charge >= 0.3 is 0 Å². The molecule has 14 heavy (non-hydrogen) atoms. The van der Waals surface area contributed by atoms with E-state index in [0.717, 1.165) is 0 Å². The molecule has 5 heteroatoms. The molecular formula is C9H17N3O2. The Hall–Kier alpha value is -1.10. The first-order valence-electron chi connectivity index (χ1n) is 4.85. The average Bonchev–Trinajstić information content (AvgIpc) is 2.08. The summed E-state index contributed by atoms with van der Waals surface area (Å²) in [5.74, 6) is -0.128. The number of hydrogen-bond donors (Lipinski definition) is 2. The third-order valence-corrected chi connectivity index (χ3v) is 2.32. The summed E-state index contributed by atoms with van der Waals surface area (Å²) in [6.07, 6.45) is 0.303.